The van der Waals surface area contributed by atoms with Crippen LogP contribution < -0.4 is 0 Å². The minimum atomic E-state index is -0.981. The number of rotatable bonds is 4. The molecule has 1 saturated carbocycles. The lowest BCUT2D eigenvalue weighted by molar-refractivity contribution is -0.201. The van der Waals surface area contributed by atoms with Gasteiger partial charge in [-0.2, -0.15) is 0 Å². The molecule has 0 N–H and O–H groups in total. The van der Waals surface area contributed by atoms with Crippen LogP contribution in [0.2, 0.25) is 0 Å². The fourth-order valence-corrected chi connectivity index (χ4v) is 6.81. The minimum Gasteiger partial charge on any atom is -0.462 e. The Hall–Kier alpha value is -1.73. The summed E-state index contributed by atoms with van der Waals surface area (Å²) in [5.41, 5.74) is -0.521. The quantitative estimate of drug-likeness (QED) is 0.466. The highest BCUT2D eigenvalue weighted by Gasteiger charge is 2.65. The van der Waals surface area contributed by atoms with Gasteiger partial charge in [-0.05, 0) is 43.1 Å². The summed E-state index contributed by atoms with van der Waals surface area (Å²) in [5.74, 6) is -0.0100. The lowest BCUT2D eigenvalue weighted by atomic mass is 9.59. The molecule has 4 fully saturated rings. The van der Waals surface area contributed by atoms with Crippen molar-refractivity contribution in [1.82, 2.24) is 0 Å². The summed E-state index contributed by atoms with van der Waals surface area (Å²) in [5, 5.41) is 0. The van der Waals surface area contributed by atoms with Crippen molar-refractivity contribution in [3.63, 3.8) is 0 Å². The van der Waals surface area contributed by atoms with Gasteiger partial charge >= 0.3 is 11.9 Å². The predicted molar refractivity (Wildman–Crippen MR) is 120 cm³/mol. The zero-order valence-corrected chi connectivity index (χ0v) is 20.5. The maximum Gasteiger partial charge on any atom is 0.306 e. The molecule has 1 aliphatic carbocycles. The van der Waals surface area contributed by atoms with Crippen molar-refractivity contribution in [2.75, 3.05) is 6.61 Å². The average molecular weight is 463 g/mol. The van der Waals surface area contributed by atoms with E-state index in [4.69, 9.17) is 18.9 Å². The molecular formula is C26H38O7. The van der Waals surface area contributed by atoms with Crippen molar-refractivity contribution < 1.29 is 33.3 Å². The molecule has 4 rings (SSSR count). The summed E-state index contributed by atoms with van der Waals surface area (Å²) < 4.78 is 25.0. The van der Waals surface area contributed by atoms with Gasteiger partial charge in [0, 0.05) is 31.6 Å². The van der Waals surface area contributed by atoms with Crippen molar-refractivity contribution in [1.29, 1.82) is 0 Å². The monoisotopic (exact) mass is 462 g/mol. The topological polar surface area (TPSA) is 88.1 Å². The van der Waals surface area contributed by atoms with Crippen molar-refractivity contribution >= 4 is 17.7 Å². The predicted octanol–water partition coefficient (Wildman–Crippen LogP) is 3.63. The lowest BCUT2D eigenvalue weighted by Gasteiger charge is -2.47. The van der Waals surface area contributed by atoms with Crippen molar-refractivity contribution in [2.45, 2.75) is 96.7 Å². The van der Waals surface area contributed by atoms with Gasteiger partial charge in [-0.3, -0.25) is 14.4 Å². The second-order valence-corrected chi connectivity index (χ2v) is 10.8. The van der Waals surface area contributed by atoms with Gasteiger partial charge in [0.05, 0.1) is 25.2 Å². The molecule has 3 saturated heterocycles. The van der Waals surface area contributed by atoms with Gasteiger partial charge in [0.15, 0.2) is 5.78 Å². The molecule has 0 spiro atoms. The van der Waals surface area contributed by atoms with Crippen LogP contribution >= 0.6 is 0 Å². The molecule has 3 heterocycles. The summed E-state index contributed by atoms with van der Waals surface area (Å²) in [7, 11) is 0. The summed E-state index contributed by atoms with van der Waals surface area (Å²) in [6.07, 6.45) is 0.718. The molecule has 3 aliphatic heterocycles. The standard InChI is InChI=1S/C26H38O7/c1-7-8-21(29)33-24-14(3)9-17-15(4)12-30-26(6)20(31-16(5)27)11-18(28)13(2)10-19-23(24)22(17)25(26)32-19/h14-15,17,19-20,22-25H,2,7-12H2,1,3-6H3/t14-,15+,17+,19-,20-,22+,23+,24-,25-,26+/m1/s1. The van der Waals surface area contributed by atoms with Gasteiger partial charge in [-0.25, -0.2) is 0 Å². The van der Waals surface area contributed by atoms with Gasteiger partial charge < -0.3 is 18.9 Å². The van der Waals surface area contributed by atoms with Crippen LogP contribution in [0.4, 0.5) is 0 Å². The molecule has 10 atom stereocenters. The maximum atomic E-state index is 13.0. The molecule has 4 aliphatic rings. The minimum absolute atomic E-state index is 0.0310. The average Bonchev–Trinajstić information content (AvgIpc) is 3.08. The van der Waals surface area contributed by atoms with E-state index in [-0.39, 0.29) is 60.2 Å². The third kappa shape index (κ3) is 4.27. The molecular weight excluding hydrogens is 424 g/mol. The summed E-state index contributed by atoms with van der Waals surface area (Å²) in [6, 6.07) is 0. The van der Waals surface area contributed by atoms with E-state index >= 15 is 0 Å². The fraction of sp³-hybridized carbons (Fsp3) is 0.808. The number of hydrogen-bond acceptors (Lipinski definition) is 7. The van der Waals surface area contributed by atoms with E-state index in [9.17, 15) is 14.4 Å². The SMILES string of the molecule is C=C1C[C@H]2O[C@@H]3[C@H]4[C@@H](C[C@@H](C)[C@@H](OC(=O)CCC)[C@H]42)[C@@H](C)CO[C@@]3(C)[C@H](OC(C)=O)CC1=O. The number of fused-ring (bicyclic) bond motifs is 2. The number of esters is 2. The highest BCUT2D eigenvalue weighted by molar-refractivity contribution is 5.95. The fourth-order valence-electron chi connectivity index (χ4n) is 6.81. The Morgan fingerprint density at radius 2 is 1.88 bits per heavy atom. The second-order valence-electron chi connectivity index (χ2n) is 10.8. The zero-order valence-electron chi connectivity index (χ0n) is 20.5. The van der Waals surface area contributed by atoms with Crippen LogP contribution in [0.25, 0.3) is 0 Å². The maximum absolute atomic E-state index is 13.0. The van der Waals surface area contributed by atoms with Crippen LogP contribution in [0.5, 0.6) is 0 Å². The van der Waals surface area contributed by atoms with Crippen LogP contribution in [0, 0.1) is 29.6 Å². The van der Waals surface area contributed by atoms with Gasteiger partial charge in [0.2, 0.25) is 0 Å². The molecule has 7 nitrogen and oxygen atoms in total. The first-order valence-electron chi connectivity index (χ1n) is 12.4. The van der Waals surface area contributed by atoms with E-state index in [1.165, 1.54) is 6.92 Å². The molecule has 0 aromatic carbocycles. The van der Waals surface area contributed by atoms with Crippen LogP contribution in [0.3, 0.4) is 0 Å². The Labute approximate surface area is 196 Å². The molecule has 33 heavy (non-hydrogen) atoms. The van der Waals surface area contributed by atoms with Crippen molar-refractivity contribution in [3.8, 4) is 0 Å². The number of carbonyl (C=O) groups excluding carboxylic acids is 3. The summed E-state index contributed by atoms with van der Waals surface area (Å²) >= 11 is 0. The number of hydrogen-bond donors (Lipinski definition) is 0. The smallest absolute Gasteiger partial charge is 0.306 e. The van der Waals surface area contributed by atoms with E-state index in [0.717, 1.165) is 12.8 Å². The molecule has 184 valence electrons. The van der Waals surface area contributed by atoms with Gasteiger partial charge in [-0.1, -0.05) is 27.4 Å². The van der Waals surface area contributed by atoms with Crippen LogP contribution in [0.15, 0.2) is 12.2 Å². The number of ketones is 1. The normalized spacial score (nSPS) is 44.8. The number of ether oxygens (including phenoxy) is 4. The highest BCUT2D eigenvalue weighted by Crippen LogP contribution is 2.57. The number of carbonyl (C=O) groups is 3. The van der Waals surface area contributed by atoms with Gasteiger partial charge in [0.25, 0.3) is 0 Å². The van der Waals surface area contributed by atoms with Crippen LogP contribution in [0.1, 0.15) is 66.7 Å². The Morgan fingerprint density at radius 1 is 1.15 bits per heavy atom. The zero-order chi connectivity index (χ0) is 24.1. The molecule has 2 bridgehead atoms. The van der Waals surface area contributed by atoms with E-state index in [0.29, 0.717) is 30.9 Å². The first-order valence-corrected chi connectivity index (χ1v) is 12.4. The van der Waals surface area contributed by atoms with E-state index < -0.39 is 17.7 Å². The first-order chi connectivity index (χ1) is 15.6. The Bertz CT molecular complexity index is 821. The Kier molecular flexibility index (Phi) is 6.76. The van der Waals surface area contributed by atoms with Gasteiger partial charge in [-0.15, -0.1) is 0 Å². The van der Waals surface area contributed by atoms with E-state index in [1.807, 2.05) is 13.8 Å². The second kappa shape index (κ2) is 9.14. The van der Waals surface area contributed by atoms with Crippen LogP contribution in [-0.2, 0) is 33.3 Å². The number of Topliss-reactive ketones (excluding diaryl/α,β-unsaturated/α-hetero) is 1. The van der Waals surface area contributed by atoms with Crippen molar-refractivity contribution in [3.05, 3.63) is 12.2 Å². The Balaban J connectivity index is 1.80. The largest absolute Gasteiger partial charge is 0.462 e. The van der Waals surface area contributed by atoms with Crippen LogP contribution in [-0.4, -0.2) is 54.3 Å². The molecule has 0 unspecified atom stereocenters. The molecule has 0 amide bonds. The third-order valence-corrected chi connectivity index (χ3v) is 8.46. The summed E-state index contributed by atoms with van der Waals surface area (Å²) in [4.78, 5) is 37.6. The molecule has 7 heteroatoms. The lowest BCUT2D eigenvalue weighted by Crippen LogP contribution is -2.57. The molecule has 0 radical (unpaired) electrons. The Morgan fingerprint density at radius 3 is 2.55 bits per heavy atom. The highest BCUT2D eigenvalue weighted by atomic mass is 16.6. The van der Waals surface area contributed by atoms with E-state index in [1.54, 1.807) is 0 Å². The summed E-state index contributed by atoms with van der Waals surface area (Å²) in [6.45, 7) is 14.1. The van der Waals surface area contributed by atoms with Gasteiger partial charge in [0.1, 0.15) is 17.8 Å². The molecule has 0 aromatic rings. The van der Waals surface area contributed by atoms with E-state index in [2.05, 4.69) is 20.4 Å². The van der Waals surface area contributed by atoms with Crippen molar-refractivity contribution in [2.24, 2.45) is 29.6 Å². The first kappa shape index (κ1) is 24.4. The molecule has 0 aromatic heterocycles. The third-order valence-electron chi connectivity index (χ3n) is 8.46.